The van der Waals surface area contributed by atoms with Crippen LogP contribution < -0.4 is 10.7 Å². The molecule has 0 aliphatic carbocycles. The van der Waals surface area contributed by atoms with Gasteiger partial charge in [0, 0.05) is 24.2 Å². The van der Waals surface area contributed by atoms with Crippen molar-refractivity contribution < 1.29 is 4.79 Å². The predicted molar refractivity (Wildman–Crippen MR) is 72.1 cm³/mol. The number of hydrogen-bond donors (Lipinski definition) is 2. The number of aryl methyl sites for hydroxylation is 2. The number of aromatic nitrogens is 3. The minimum absolute atomic E-state index is 0.229. The van der Waals surface area contributed by atoms with Crippen molar-refractivity contribution in [3.8, 4) is 0 Å². The number of aromatic amines is 1. The molecule has 1 amide bonds. The Kier molecular flexibility index (Phi) is 3.50. The van der Waals surface area contributed by atoms with Crippen molar-refractivity contribution in [2.24, 2.45) is 0 Å². The SMILES string of the molecule is Cc1cc(C)n([C@H](C)C(=O)Nc2c[nH]ccc2=O)n1. The second kappa shape index (κ2) is 5.09. The maximum absolute atomic E-state index is 12.1. The number of nitrogens with zero attached hydrogens (tertiary/aromatic N) is 2. The van der Waals surface area contributed by atoms with E-state index in [-0.39, 0.29) is 17.0 Å². The Labute approximate surface area is 110 Å². The second-order valence-electron chi connectivity index (χ2n) is 4.46. The van der Waals surface area contributed by atoms with Crippen molar-refractivity contribution in [3.63, 3.8) is 0 Å². The molecule has 0 unspecified atom stereocenters. The highest BCUT2D eigenvalue weighted by Gasteiger charge is 2.18. The molecule has 0 saturated carbocycles. The van der Waals surface area contributed by atoms with Gasteiger partial charge in [-0.25, -0.2) is 0 Å². The number of carbonyl (C=O) groups is 1. The van der Waals surface area contributed by atoms with Gasteiger partial charge in [-0.1, -0.05) is 0 Å². The Morgan fingerprint density at radius 3 is 2.79 bits per heavy atom. The van der Waals surface area contributed by atoms with Gasteiger partial charge in [0.15, 0.2) is 0 Å². The zero-order chi connectivity index (χ0) is 14.0. The Bertz CT molecular complexity index is 657. The normalized spacial score (nSPS) is 12.2. The van der Waals surface area contributed by atoms with Crippen LogP contribution in [0.2, 0.25) is 0 Å². The number of anilines is 1. The summed E-state index contributed by atoms with van der Waals surface area (Å²) in [5, 5.41) is 6.87. The lowest BCUT2D eigenvalue weighted by Gasteiger charge is -2.14. The highest BCUT2D eigenvalue weighted by atomic mass is 16.2. The molecule has 0 aliphatic rings. The molecular formula is C13H16N4O2. The summed E-state index contributed by atoms with van der Waals surface area (Å²) in [6.07, 6.45) is 2.98. The third-order valence-electron chi connectivity index (χ3n) is 2.87. The van der Waals surface area contributed by atoms with Gasteiger partial charge in [0.25, 0.3) is 0 Å². The summed E-state index contributed by atoms with van der Waals surface area (Å²) in [4.78, 5) is 26.4. The number of rotatable bonds is 3. The van der Waals surface area contributed by atoms with Crippen LogP contribution in [-0.4, -0.2) is 20.7 Å². The molecule has 0 saturated heterocycles. The first-order valence-electron chi connectivity index (χ1n) is 6.00. The monoisotopic (exact) mass is 260 g/mol. The molecule has 2 aromatic rings. The number of pyridine rings is 1. The highest BCUT2D eigenvalue weighted by molar-refractivity contribution is 5.93. The van der Waals surface area contributed by atoms with Gasteiger partial charge in [-0.15, -0.1) is 0 Å². The average molecular weight is 260 g/mol. The van der Waals surface area contributed by atoms with Gasteiger partial charge in [-0.05, 0) is 26.8 Å². The van der Waals surface area contributed by atoms with Gasteiger partial charge in [-0.3, -0.25) is 14.3 Å². The van der Waals surface area contributed by atoms with Crippen molar-refractivity contribution in [1.29, 1.82) is 0 Å². The summed E-state index contributed by atoms with van der Waals surface area (Å²) in [6.45, 7) is 5.50. The van der Waals surface area contributed by atoms with E-state index in [1.807, 2.05) is 19.9 Å². The average Bonchev–Trinajstić information content (AvgIpc) is 2.70. The fourth-order valence-corrected chi connectivity index (χ4v) is 1.90. The minimum atomic E-state index is -0.478. The highest BCUT2D eigenvalue weighted by Crippen LogP contribution is 2.12. The van der Waals surface area contributed by atoms with Gasteiger partial charge in [0.05, 0.1) is 5.69 Å². The minimum Gasteiger partial charge on any atom is -0.366 e. The van der Waals surface area contributed by atoms with E-state index >= 15 is 0 Å². The van der Waals surface area contributed by atoms with E-state index in [4.69, 9.17) is 0 Å². The van der Waals surface area contributed by atoms with E-state index in [1.165, 1.54) is 18.5 Å². The summed E-state index contributed by atoms with van der Waals surface area (Å²) in [5.41, 5.74) is 1.77. The summed E-state index contributed by atoms with van der Waals surface area (Å²) in [7, 11) is 0. The molecule has 1 atom stereocenters. The van der Waals surface area contributed by atoms with Crippen molar-refractivity contribution in [1.82, 2.24) is 14.8 Å². The molecular weight excluding hydrogens is 244 g/mol. The fraction of sp³-hybridized carbons (Fsp3) is 0.308. The van der Waals surface area contributed by atoms with Crippen LogP contribution in [0.5, 0.6) is 0 Å². The van der Waals surface area contributed by atoms with E-state index in [1.54, 1.807) is 11.6 Å². The van der Waals surface area contributed by atoms with Gasteiger partial charge < -0.3 is 10.3 Å². The number of hydrogen-bond acceptors (Lipinski definition) is 3. The number of amides is 1. The summed E-state index contributed by atoms with van der Waals surface area (Å²) < 4.78 is 1.64. The summed E-state index contributed by atoms with van der Waals surface area (Å²) in [5.74, 6) is -0.275. The van der Waals surface area contributed by atoms with Crippen molar-refractivity contribution in [3.05, 3.63) is 46.1 Å². The summed E-state index contributed by atoms with van der Waals surface area (Å²) >= 11 is 0. The van der Waals surface area contributed by atoms with Crippen LogP contribution in [0.3, 0.4) is 0 Å². The first-order valence-corrected chi connectivity index (χ1v) is 6.00. The quantitative estimate of drug-likeness (QED) is 0.875. The Balaban J connectivity index is 2.19. The van der Waals surface area contributed by atoms with E-state index in [2.05, 4.69) is 15.4 Å². The third kappa shape index (κ3) is 2.73. The van der Waals surface area contributed by atoms with E-state index < -0.39 is 6.04 Å². The molecule has 2 aromatic heterocycles. The third-order valence-corrected chi connectivity index (χ3v) is 2.87. The van der Waals surface area contributed by atoms with Gasteiger partial charge in [0.1, 0.15) is 11.7 Å². The molecule has 0 bridgehead atoms. The van der Waals surface area contributed by atoms with Crippen LogP contribution in [-0.2, 0) is 4.79 Å². The lowest BCUT2D eigenvalue weighted by molar-refractivity contribution is -0.119. The van der Waals surface area contributed by atoms with Gasteiger partial charge in [-0.2, -0.15) is 5.10 Å². The van der Waals surface area contributed by atoms with Crippen LogP contribution in [0.15, 0.2) is 29.3 Å². The molecule has 0 radical (unpaired) electrons. The smallest absolute Gasteiger partial charge is 0.249 e. The Morgan fingerprint density at radius 2 is 2.21 bits per heavy atom. The fourth-order valence-electron chi connectivity index (χ4n) is 1.90. The molecule has 6 heteroatoms. The number of H-pyrrole nitrogens is 1. The molecule has 0 aliphatic heterocycles. The molecule has 19 heavy (non-hydrogen) atoms. The molecule has 2 rings (SSSR count). The lowest BCUT2D eigenvalue weighted by atomic mass is 10.3. The first kappa shape index (κ1) is 13.1. The lowest BCUT2D eigenvalue weighted by Crippen LogP contribution is -2.27. The topological polar surface area (TPSA) is 79.8 Å². The standard InChI is InChI=1S/C13H16N4O2/c1-8-6-9(2)17(16-8)10(3)13(19)15-11-7-14-5-4-12(11)18/h4-7,10H,1-3H3,(H,14,18)(H,15,19)/t10-/m1/s1. The summed E-state index contributed by atoms with van der Waals surface area (Å²) in [6, 6.07) is 2.79. The largest absolute Gasteiger partial charge is 0.366 e. The van der Waals surface area contributed by atoms with Crippen molar-refractivity contribution in [2.75, 3.05) is 5.32 Å². The maximum Gasteiger partial charge on any atom is 0.249 e. The first-order chi connectivity index (χ1) is 8.99. The molecule has 0 aromatic carbocycles. The van der Waals surface area contributed by atoms with E-state index in [0.717, 1.165) is 11.4 Å². The zero-order valence-electron chi connectivity index (χ0n) is 11.1. The van der Waals surface area contributed by atoms with Crippen LogP contribution in [0, 0.1) is 13.8 Å². The Hall–Kier alpha value is -2.37. The molecule has 100 valence electrons. The predicted octanol–water partition coefficient (Wildman–Crippen LogP) is 1.39. The molecule has 0 spiro atoms. The van der Waals surface area contributed by atoms with Crippen molar-refractivity contribution >= 4 is 11.6 Å². The van der Waals surface area contributed by atoms with Gasteiger partial charge in [0.2, 0.25) is 11.3 Å². The van der Waals surface area contributed by atoms with E-state index in [9.17, 15) is 9.59 Å². The number of carbonyl (C=O) groups excluding carboxylic acids is 1. The van der Waals surface area contributed by atoms with Crippen LogP contribution in [0.4, 0.5) is 5.69 Å². The number of nitrogens with one attached hydrogen (secondary N) is 2. The Morgan fingerprint density at radius 1 is 1.47 bits per heavy atom. The molecule has 6 nitrogen and oxygen atoms in total. The molecule has 0 fully saturated rings. The van der Waals surface area contributed by atoms with Crippen LogP contribution in [0.25, 0.3) is 0 Å². The molecule has 2 N–H and O–H groups in total. The van der Waals surface area contributed by atoms with Crippen molar-refractivity contribution in [2.45, 2.75) is 26.8 Å². The van der Waals surface area contributed by atoms with Crippen LogP contribution in [0.1, 0.15) is 24.4 Å². The molecule has 2 heterocycles. The maximum atomic E-state index is 12.1. The second-order valence-corrected chi connectivity index (χ2v) is 4.46. The van der Waals surface area contributed by atoms with E-state index in [0.29, 0.717) is 0 Å². The van der Waals surface area contributed by atoms with Crippen LogP contribution >= 0.6 is 0 Å². The van der Waals surface area contributed by atoms with Gasteiger partial charge >= 0.3 is 0 Å². The zero-order valence-corrected chi connectivity index (χ0v) is 11.1.